The number of carbonyl (C=O) groups is 2. The summed E-state index contributed by atoms with van der Waals surface area (Å²) in [7, 11) is 1.53. The number of amides is 1. The van der Waals surface area contributed by atoms with E-state index in [1.165, 1.54) is 18.0 Å². The van der Waals surface area contributed by atoms with Gasteiger partial charge in [-0.05, 0) is 77.3 Å². The minimum atomic E-state index is -0.735. The van der Waals surface area contributed by atoms with Crippen molar-refractivity contribution in [3.8, 4) is 17.2 Å². The van der Waals surface area contributed by atoms with E-state index in [9.17, 15) is 14.9 Å². The fourth-order valence-electron chi connectivity index (χ4n) is 6.25. The van der Waals surface area contributed by atoms with E-state index in [4.69, 9.17) is 21.1 Å². The molecular formula is C31H36ClFN4O4. The standard InChI is InChI=1S/C31H36ClFN4O4/c1-29(2,3)40-24(38)10-17-13-31(17)8-9-37(16-31)27-20(32)15-35-22-11-18-23(36(7)28(39)41-30(4,5)6)12-21(33)19(14-34)25(18)26(22)27/h12,15,17H,8-11,13,16H2,1-7H3/t17-,31+/m1/s1. The summed E-state index contributed by atoms with van der Waals surface area (Å²) in [6.07, 6.45) is 3.47. The molecule has 1 saturated heterocycles. The van der Waals surface area contributed by atoms with Gasteiger partial charge in [-0.2, -0.15) is 5.26 Å². The predicted octanol–water partition coefficient (Wildman–Crippen LogP) is 6.64. The number of hydrogen-bond donors (Lipinski definition) is 0. The number of benzene rings is 1. The number of nitriles is 1. The summed E-state index contributed by atoms with van der Waals surface area (Å²) >= 11 is 6.78. The van der Waals surface area contributed by atoms with E-state index >= 15 is 4.39 Å². The minimum Gasteiger partial charge on any atom is -0.460 e. The molecule has 3 aliphatic rings. The van der Waals surface area contributed by atoms with Crippen molar-refractivity contribution in [2.45, 2.75) is 78.4 Å². The third-order valence-electron chi connectivity index (χ3n) is 8.08. The molecule has 1 spiro atoms. The topological polar surface area (TPSA) is 95.8 Å². The van der Waals surface area contributed by atoms with E-state index in [2.05, 4.69) is 9.88 Å². The number of aromatic nitrogens is 1. The Bertz CT molecular complexity index is 1490. The van der Waals surface area contributed by atoms with Crippen LogP contribution in [0.25, 0.3) is 11.1 Å². The number of esters is 1. The lowest BCUT2D eigenvalue weighted by Crippen LogP contribution is -2.34. The Hall–Kier alpha value is -3.38. The first kappa shape index (κ1) is 29.1. The number of nitrogens with zero attached hydrogens (tertiary/aromatic N) is 4. The van der Waals surface area contributed by atoms with Gasteiger partial charge in [-0.1, -0.05) is 11.6 Å². The second kappa shape index (κ2) is 9.87. The van der Waals surface area contributed by atoms with Crippen molar-refractivity contribution in [3.05, 3.63) is 39.9 Å². The van der Waals surface area contributed by atoms with Crippen LogP contribution in [0, 0.1) is 28.5 Å². The lowest BCUT2D eigenvalue weighted by atomic mass is 9.96. The van der Waals surface area contributed by atoms with Crippen LogP contribution in [0.4, 0.5) is 20.6 Å². The highest BCUT2D eigenvalue weighted by molar-refractivity contribution is 6.34. The second-order valence-electron chi connectivity index (χ2n) is 13.4. The number of fused-ring (bicyclic) bond motifs is 3. The second-order valence-corrected chi connectivity index (χ2v) is 13.8. The molecular weight excluding hydrogens is 547 g/mol. The van der Waals surface area contributed by atoms with Gasteiger partial charge in [-0.15, -0.1) is 0 Å². The fraction of sp³-hybridized carbons (Fsp3) is 0.548. The summed E-state index contributed by atoms with van der Waals surface area (Å²) in [4.78, 5) is 33.4. The molecule has 218 valence electrons. The number of rotatable bonds is 4. The average Bonchev–Trinajstić information content (AvgIpc) is 3.15. The summed E-state index contributed by atoms with van der Waals surface area (Å²) in [5, 5.41) is 10.4. The van der Waals surface area contributed by atoms with E-state index < -0.39 is 23.1 Å². The largest absolute Gasteiger partial charge is 0.460 e. The quantitative estimate of drug-likeness (QED) is 0.318. The summed E-state index contributed by atoms with van der Waals surface area (Å²) in [6.45, 7) is 12.3. The van der Waals surface area contributed by atoms with Gasteiger partial charge in [0, 0.05) is 50.3 Å². The van der Waals surface area contributed by atoms with Crippen molar-refractivity contribution in [1.82, 2.24) is 4.98 Å². The molecule has 0 N–H and O–H groups in total. The van der Waals surface area contributed by atoms with E-state index in [-0.39, 0.29) is 22.9 Å². The Morgan fingerprint density at radius 3 is 2.54 bits per heavy atom. The molecule has 0 unspecified atom stereocenters. The lowest BCUT2D eigenvalue weighted by Gasteiger charge is -2.27. The van der Waals surface area contributed by atoms with Gasteiger partial charge < -0.3 is 14.4 Å². The minimum absolute atomic E-state index is 0.0140. The number of pyridine rings is 1. The normalized spacial score (nSPS) is 20.9. The molecule has 2 fully saturated rings. The van der Waals surface area contributed by atoms with Gasteiger partial charge in [0.2, 0.25) is 0 Å². The van der Waals surface area contributed by atoms with E-state index in [1.807, 2.05) is 26.8 Å². The first-order valence-electron chi connectivity index (χ1n) is 13.9. The molecule has 0 radical (unpaired) electrons. The van der Waals surface area contributed by atoms with Gasteiger partial charge in [-0.25, -0.2) is 9.18 Å². The zero-order chi connectivity index (χ0) is 30.1. The number of hydrogen-bond acceptors (Lipinski definition) is 7. The van der Waals surface area contributed by atoms with Gasteiger partial charge in [0.05, 0.1) is 27.7 Å². The maximum Gasteiger partial charge on any atom is 0.414 e. The zero-order valence-corrected chi connectivity index (χ0v) is 25.4. The maximum absolute atomic E-state index is 15.5. The highest BCUT2D eigenvalue weighted by Gasteiger charge is 2.58. The van der Waals surface area contributed by atoms with Crippen LogP contribution in [0.3, 0.4) is 0 Å². The van der Waals surface area contributed by atoms with Crippen molar-refractivity contribution in [1.29, 1.82) is 5.26 Å². The van der Waals surface area contributed by atoms with Crippen LogP contribution in [0.5, 0.6) is 0 Å². The molecule has 10 heteroatoms. The van der Waals surface area contributed by atoms with Crippen molar-refractivity contribution < 1.29 is 23.5 Å². The molecule has 8 nitrogen and oxygen atoms in total. The number of halogens is 2. The Balaban J connectivity index is 1.50. The number of ether oxygens (including phenoxy) is 2. The Kier molecular flexibility index (Phi) is 7.01. The van der Waals surface area contributed by atoms with Crippen LogP contribution in [0.1, 0.15) is 77.6 Å². The predicted molar refractivity (Wildman–Crippen MR) is 155 cm³/mol. The number of anilines is 2. The Morgan fingerprint density at radius 1 is 1.22 bits per heavy atom. The average molecular weight is 583 g/mol. The van der Waals surface area contributed by atoms with Crippen LogP contribution in [-0.4, -0.2) is 48.4 Å². The lowest BCUT2D eigenvalue weighted by molar-refractivity contribution is -0.155. The molecule has 1 amide bonds. The van der Waals surface area contributed by atoms with Crippen molar-refractivity contribution in [3.63, 3.8) is 0 Å². The Labute approximate surface area is 245 Å². The maximum atomic E-state index is 15.5. The SMILES string of the molecule is CN(C(=O)OC(C)(C)C)c1cc(F)c(C#N)c2c1Cc1ncc(Cl)c(N3CC[C@]4(C[C@H]4CC(=O)OC(C)(C)C)C3)c1-2. The smallest absolute Gasteiger partial charge is 0.414 e. The first-order valence-corrected chi connectivity index (χ1v) is 14.3. The molecule has 1 saturated carbocycles. The van der Waals surface area contributed by atoms with Gasteiger partial charge >= 0.3 is 12.1 Å². The zero-order valence-electron chi connectivity index (χ0n) is 24.7. The van der Waals surface area contributed by atoms with E-state index in [1.54, 1.807) is 27.0 Å². The van der Waals surface area contributed by atoms with Crippen molar-refractivity contribution >= 4 is 35.0 Å². The van der Waals surface area contributed by atoms with Gasteiger partial charge in [0.15, 0.2) is 0 Å². The van der Waals surface area contributed by atoms with Gasteiger partial charge in [0.25, 0.3) is 0 Å². The summed E-state index contributed by atoms with van der Waals surface area (Å²) < 4.78 is 26.6. The van der Waals surface area contributed by atoms with E-state index in [0.29, 0.717) is 64.7 Å². The molecule has 5 rings (SSSR count). The third-order valence-corrected chi connectivity index (χ3v) is 8.35. The summed E-state index contributed by atoms with van der Waals surface area (Å²) in [5.41, 5.74) is 2.00. The van der Waals surface area contributed by atoms with Crippen LogP contribution in [0.15, 0.2) is 12.3 Å². The summed E-state index contributed by atoms with van der Waals surface area (Å²) in [5.74, 6) is -0.692. The van der Waals surface area contributed by atoms with Crippen LogP contribution >= 0.6 is 11.6 Å². The van der Waals surface area contributed by atoms with Gasteiger partial charge in [-0.3, -0.25) is 14.7 Å². The van der Waals surface area contributed by atoms with Gasteiger partial charge in [0.1, 0.15) is 23.1 Å². The Morgan fingerprint density at radius 2 is 1.90 bits per heavy atom. The molecule has 2 aliphatic carbocycles. The van der Waals surface area contributed by atoms with Crippen LogP contribution in [-0.2, 0) is 20.7 Å². The van der Waals surface area contributed by atoms with Crippen molar-refractivity contribution in [2.24, 2.45) is 11.3 Å². The molecule has 41 heavy (non-hydrogen) atoms. The molecule has 1 aliphatic heterocycles. The number of carbonyl (C=O) groups excluding carboxylic acids is 2. The summed E-state index contributed by atoms with van der Waals surface area (Å²) in [6, 6.07) is 3.25. The van der Waals surface area contributed by atoms with Crippen LogP contribution in [0.2, 0.25) is 5.02 Å². The molecule has 1 aromatic carbocycles. The molecule has 1 aromatic heterocycles. The molecule has 2 aromatic rings. The van der Waals surface area contributed by atoms with E-state index in [0.717, 1.165) is 12.8 Å². The van der Waals surface area contributed by atoms with Crippen molar-refractivity contribution in [2.75, 3.05) is 29.9 Å². The monoisotopic (exact) mass is 582 g/mol. The highest BCUT2D eigenvalue weighted by Crippen LogP contribution is 2.62. The highest BCUT2D eigenvalue weighted by atomic mass is 35.5. The molecule has 2 atom stereocenters. The third kappa shape index (κ3) is 5.46. The first-order chi connectivity index (χ1) is 19.0. The fourth-order valence-corrected chi connectivity index (χ4v) is 6.51. The van der Waals surface area contributed by atoms with Crippen LogP contribution < -0.4 is 9.80 Å². The molecule has 0 bridgehead atoms. The molecule has 2 heterocycles.